The number of amides is 2. The lowest BCUT2D eigenvalue weighted by Crippen LogP contribution is -2.35. The summed E-state index contributed by atoms with van der Waals surface area (Å²) in [7, 11) is 0. The van der Waals surface area contributed by atoms with E-state index in [2.05, 4.69) is 57.1 Å². The Labute approximate surface area is 235 Å². The fourth-order valence-corrected chi connectivity index (χ4v) is 6.48. The van der Waals surface area contributed by atoms with Gasteiger partial charge in [0.1, 0.15) is 5.04 Å². The lowest BCUT2D eigenvalue weighted by atomic mass is 10.0. The van der Waals surface area contributed by atoms with Crippen LogP contribution in [0.25, 0.3) is 27.8 Å². The highest BCUT2D eigenvalue weighted by Gasteiger charge is 2.36. The second kappa shape index (κ2) is 9.91. The molecule has 4 aromatic rings. The smallest absolute Gasteiger partial charge is 0.283 e. The van der Waals surface area contributed by atoms with Crippen LogP contribution in [-0.4, -0.2) is 55.4 Å². The normalized spacial score (nSPS) is 18.1. The first-order chi connectivity index (χ1) is 19.5. The number of aliphatic imine (C=N–C) groups is 1. The summed E-state index contributed by atoms with van der Waals surface area (Å²) in [5, 5.41) is 19.0. The quantitative estimate of drug-likeness (QED) is 0.336. The maximum absolute atomic E-state index is 13.1. The van der Waals surface area contributed by atoms with Crippen molar-refractivity contribution in [3.05, 3.63) is 89.6 Å². The number of aromatic nitrogens is 1. The van der Waals surface area contributed by atoms with Gasteiger partial charge in [-0.15, -0.1) is 0 Å². The van der Waals surface area contributed by atoms with E-state index < -0.39 is 5.91 Å². The van der Waals surface area contributed by atoms with E-state index in [1.54, 1.807) is 6.08 Å². The van der Waals surface area contributed by atoms with Crippen molar-refractivity contribution in [3.8, 4) is 0 Å². The molecule has 1 fully saturated rings. The molecule has 0 radical (unpaired) electrons. The van der Waals surface area contributed by atoms with Gasteiger partial charge in [-0.1, -0.05) is 60.7 Å². The summed E-state index contributed by atoms with van der Waals surface area (Å²) < 4.78 is 2.18. The summed E-state index contributed by atoms with van der Waals surface area (Å²) in [5.74, 6) is -0.481. The number of carbonyl (C=O) groups is 2. The van der Waals surface area contributed by atoms with Gasteiger partial charge in [-0.05, 0) is 53.1 Å². The van der Waals surface area contributed by atoms with Gasteiger partial charge in [-0.3, -0.25) is 15.0 Å². The number of hydrogen-bond donors (Lipinski definition) is 1. The van der Waals surface area contributed by atoms with Crippen LogP contribution < -0.4 is 0 Å². The van der Waals surface area contributed by atoms with Crippen molar-refractivity contribution >= 4 is 67.4 Å². The number of thioether (sulfide) groups is 1. The van der Waals surface area contributed by atoms with Gasteiger partial charge in [-0.2, -0.15) is 15.1 Å². The van der Waals surface area contributed by atoms with Gasteiger partial charge in [0.15, 0.2) is 5.84 Å². The molecule has 8 nitrogen and oxygen atoms in total. The molecule has 3 aliphatic rings. The number of likely N-dealkylation sites (tertiary alicyclic amines) is 1. The molecule has 4 heterocycles. The molecule has 1 N–H and O–H groups in total. The molecule has 0 aliphatic carbocycles. The third-order valence-corrected chi connectivity index (χ3v) is 8.51. The Kier molecular flexibility index (Phi) is 6.08. The number of hydrazone groups is 1. The fourth-order valence-electron chi connectivity index (χ4n) is 5.60. The molecule has 0 bridgehead atoms. The Balaban J connectivity index is 1.20. The Morgan fingerprint density at radius 2 is 1.73 bits per heavy atom. The minimum absolute atomic E-state index is 0.0248. The summed E-state index contributed by atoms with van der Waals surface area (Å²) in [5.41, 5.74) is 3.25. The van der Waals surface area contributed by atoms with Crippen LogP contribution in [0.1, 0.15) is 30.4 Å². The second-order valence-electron chi connectivity index (χ2n) is 10.1. The molecule has 2 amide bonds. The minimum Gasteiger partial charge on any atom is -0.342 e. The number of benzene rings is 3. The zero-order valence-electron chi connectivity index (χ0n) is 21.7. The molecule has 9 heteroatoms. The van der Waals surface area contributed by atoms with Crippen molar-refractivity contribution in [3.63, 3.8) is 0 Å². The summed E-state index contributed by atoms with van der Waals surface area (Å²) in [6.45, 7) is 2.22. The number of nitrogens with one attached hydrogen (secondary N) is 1. The Bertz CT molecular complexity index is 1810. The van der Waals surface area contributed by atoms with Gasteiger partial charge >= 0.3 is 0 Å². The number of para-hydroxylation sites is 1. The molecule has 40 heavy (non-hydrogen) atoms. The fraction of sp³-hybridized carbons (Fsp3) is 0.194. The lowest BCUT2D eigenvalue weighted by Gasteiger charge is -2.20. The molecule has 0 spiro atoms. The number of fused-ring (bicyclic) bond motifs is 3. The van der Waals surface area contributed by atoms with Gasteiger partial charge in [-0.25, -0.2) is 0 Å². The molecular weight excluding hydrogens is 520 g/mol. The zero-order chi connectivity index (χ0) is 27.2. The lowest BCUT2D eigenvalue weighted by molar-refractivity contribution is -0.128. The number of amidine groups is 2. The standard InChI is InChI=1S/C31H26N6O2S/c32-29-25(30(39)33-31-37(29)34-27(40-31)17-28(38)35-14-5-6-15-35)16-22-19-36(26-13-4-3-12-24(22)26)18-21-10-7-9-20-8-1-2-11-23(20)21/h1-4,7-13,16,19,32H,5-6,14-15,17-18H2/b25-16-,32-29?. The van der Waals surface area contributed by atoms with Gasteiger partial charge < -0.3 is 9.47 Å². The van der Waals surface area contributed by atoms with Crippen LogP contribution in [0.4, 0.5) is 0 Å². The monoisotopic (exact) mass is 546 g/mol. The first-order valence-corrected chi connectivity index (χ1v) is 14.2. The summed E-state index contributed by atoms with van der Waals surface area (Å²) in [6, 6.07) is 22.8. The van der Waals surface area contributed by atoms with Crippen LogP contribution in [0.5, 0.6) is 0 Å². The number of nitrogens with zero attached hydrogens (tertiary/aromatic N) is 5. The van der Waals surface area contributed by atoms with Crippen LogP contribution in [0.15, 0.2) is 88.6 Å². The molecule has 7 rings (SSSR count). The van der Waals surface area contributed by atoms with Crippen LogP contribution >= 0.6 is 11.8 Å². The third kappa shape index (κ3) is 4.32. The molecular formula is C31H26N6O2S. The van der Waals surface area contributed by atoms with Crippen molar-refractivity contribution in [2.75, 3.05) is 13.1 Å². The van der Waals surface area contributed by atoms with Gasteiger partial charge in [0.2, 0.25) is 11.1 Å². The first kappa shape index (κ1) is 24.5. The molecule has 0 atom stereocenters. The Morgan fingerprint density at radius 3 is 2.58 bits per heavy atom. The van der Waals surface area contributed by atoms with Gasteiger partial charge in [0.05, 0.1) is 12.0 Å². The van der Waals surface area contributed by atoms with Crippen LogP contribution in [0.3, 0.4) is 0 Å². The summed E-state index contributed by atoms with van der Waals surface area (Å²) >= 11 is 1.19. The maximum Gasteiger partial charge on any atom is 0.283 e. The molecule has 0 unspecified atom stereocenters. The largest absolute Gasteiger partial charge is 0.342 e. The van der Waals surface area contributed by atoms with Crippen molar-refractivity contribution in [2.24, 2.45) is 10.1 Å². The molecule has 198 valence electrons. The third-order valence-electron chi connectivity index (χ3n) is 7.60. The molecule has 3 aromatic carbocycles. The minimum atomic E-state index is -0.475. The van der Waals surface area contributed by atoms with E-state index in [9.17, 15) is 9.59 Å². The molecule has 1 aromatic heterocycles. The summed E-state index contributed by atoms with van der Waals surface area (Å²) in [4.78, 5) is 31.8. The van der Waals surface area contributed by atoms with Gasteiger partial charge in [0.25, 0.3) is 5.91 Å². The van der Waals surface area contributed by atoms with Crippen molar-refractivity contribution in [2.45, 2.75) is 25.8 Å². The second-order valence-corrected chi connectivity index (χ2v) is 11.2. The number of rotatable bonds is 5. The van der Waals surface area contributed by atoms with E-state index in [1.165, 1.54) is 33.1 Å². The summed E-state index contributed by atoms with van der Waals surface area (Å²) in [6.07, 6.45) is 5.97. The Hall–Kier alpha value is -4.50. The predicted molar refractivity (Wildman–Crippen MR) is 160 cm³/mol. The van der Waals surface area contributed by atoms with E-state index in [0.717, 1.165) is 42.4 Å². The zero-order valence-corrected chi connectivity index (χ0v) is 22.5. The van der Waals surface area contributed by atoms with E-state index in [1.807, 2.05) is 35.4 Å². The SMILES string of the molecule is N=C1/C(=C/c2cn(Cc3cccc4ccccc34)c3ccccc23)C(=O)N=C2SC(CC(=O)N3CCCC3)=NN12. The van der Waals surface area contributed by atoms with Gasteiger partial charge in [0, 0.05) is 42.3 Å². The van der Waals surface area contributed by atoms with Crippen molar-refractivity contribution < 1.29 is 9.59 Å². The number of hydrogen-bond acceptors (Lipinski definition) is 5. The highest BCUT2D eigenvalue weighted by molar-refractivity contribution is 8.27. The number of carbonyl (C=O) groups excluding carboxylic acids is 2. The average molecular weight is 547 g/mol. The molecule has 3 aliphatic heterocycles. The van der Waals surface area contributed by atoms with Crippen molar-refractivity contribution in [1.82, 2.24) is 14.5 Å². The Morgan fingerprint density at radius 1 is 0.975 bits per heavy atom. The van der Waals surface area contributed by atoms with E-state index in [0.29, 0.717) is 16.8 Å². The van der Waals surface area contributed by atoms with E-state index in [-0.39, 0.29) is 23.7 Å². The molecule has 0 saturated carbocycles. The topological polar surface area (TPSA) is 94.1 Å². The van der Waals surface area contributed by atoms with Crippen molar-refractivity contribution in [1.29, 1.82) is 5.41 Å². The molecule has 1 saturated heterocycles. The average Bonchev–Trinajstić information content (AvgIpc) is 3.71. The first-order valence-electron chi connectivity index (χ1n) is 13.4. The van der Waals surface area contributed by atoms with Crippen LogP contribution in [0, 0.1) is 5.41 Å². The highest BCUT2D eigenvalue weighted by Crippen LogP contribution is 2.32. The highest BCUT2D eigenvalue weighted by atomic mass is 32.2. The van der Waals surface area contributed by atoms with E-state index >= 15 is 0 Å². The van der Waals surface area contributed by atoms with Crippen LogP contribution in [0.2, 0.25) is 0 Å². The maximum atomic E-state index is 13.1. The van der Waals surface area contributed by atoms with E-state index in [4.69, 9.17) is 5.41 Å². The predicted octanol–water partition coefficient (Wildman–Crippen LogP) is 5.47. The van der Waals surface area contributed by atoms with Crippen LogP contribution in [-0.2, 0) is 16.1 Å².